The van der Waals surface area contributed by atoms with Gasteiger partial charge in [0, 0.05) is 0 Å². The smallest absolute Gasteiger partial charge is 0.0610 e. The highest BCUT2D eigenvalue weighted by Crippen LogP contribution is 2.82. The summed E-state index contributed by atoms with van der Waals surface area (Å²) in [5.41, 5.74) is 0.565. The first-order valence-corrected chi connectivity index (χ1v) is 5.93. The molecule has 6 bridgehead atoms. The minimum absolute atomic E-state index is 0.100. The van der Waals surface area contributed by atoms with Crippen molar-refractivity contribution in [3.63, 3.8) is 0 Å². The van der Waals surface area contributed by atoms with Crippen LogP contribution in [0, 0.1) is 35.0 Å². The van der Waals surface area contributed by atoms with Crippen LogP contribution >= 0.6 is 0 Å². The molecule has 1 N–H and O–H groups in total. The van der Waals surface area contributed by atoms with Crippen LogP contribution < -0.4 is 0 Å². The second kappa shape index (κ2) is 1.84. The maximum atomic E-state index is 10.1. The minimum Gasteiger partial charge on any atom is -0.392 e. The van der Waals surface area contributed by atoms with Gasteiger partial charge in [-0.3, -0.25) is 0 Å². The van der Waals surface area contributed by atoms with Gasteiger partial charge in [0.2, 0.25) is 0 Å². The molecule has 0 aromatic carbocycles. The summed E-state index contributed by atoms with van der Waals surface area (Å²) in [6, 6.07) is 0. The van der Waals surface area contributed by atoms with Crippen LogP contribution in [0.1, 0.15) is 32.6 Å². The van der Waals surface area contributed by atoms with Gasteiger partial charge in [-0.1, -0.05) is 19.8 Å². The van der Waals surface area contributed by atoms with Crippen LogP contribution in [0.4, 0.5) is 0 Å². The Hall–Kier alpha value is -0.0400. The molecule has 5 rings (SSSR count). The predicted octanol–water partition coefficient (Wildman–Crippen LogP) is 2.05. The number of rotatable bonds is 0. The zero-order valence-electron chi connectivity index (χ0n) is 8.24. The fraction of sp³-hybridized carbons (Fsp3) is 1.00. The molecule has 0 radical (unpaired) electrons. The van der Waals surface area contributed by atoms with E-state index in [0.717, 1.165) is 23.7 Å². The lowest BCUT2D eigenvalue weighted by molar-refractivity contribution is 0.0747. The summed E-state index contributed by atoms with van der Waals surface area (Å²) >= 11 is 0. The highest BCUT2D eigenvalue weighted by molar-refractivity contribution is 5.28. The zero-order valence-corrected chi connectivity index (χ0v) is 8.24. The molecule has 0 aromatic rings. The van der Waals surface area contributed by atoms with Gasteiger partial charge in [0.05, 0.1) is 6.10 Å². The fourth-order valence-corrected chi connectivity index (χ4v) is 5.66. The van der Waals surface area contributed by atoms with Crippen molar-refractivity contribution < 1.29 is 5.11 Å². The van der Waals surface area contributed by atoms with Crippen LogP contribution in [0.2, 0.25) is 0 Å². The Labute approximate surface area is 79.5 Å². The van der Waals surface area contributed by atoms with Gasteiger partial charge in [-0.2, -0.15) is 0 Å². The largest absolute Gasteiger partial charge is 0.392 e. The Morgan fingerprint density at radius 3 is 2.77 bits per heavy atom. The third-order valence-corrected chi connectivity index (χ3v) is 5.88. The van der Waals surface area contributed by atoms with E-state index in [9.17, 15) is 5.11 Å². The van der Waals surface area contributed by atoms with E-state index < -0.39 is 0 Å². The molecular weight excluding hydrogens is 160 g/mol. The summed E-state index contributed by atoms with van der Waals surface area (Å²) in [4.78, 5) is 0. The highest BCUT2D eigenvalue weighted by Gasteiger charge is 2.81. The van der Waals surface area contributed by atoms with Gasteiger partial charge in [-0.05, 0) is 47.8 Å². The molecule has 0 aliphatic heterocycles. The third kappa shape index (κ3) is 0.562. The lowest BCUT2D eigenvalue weighted by atomic mass is 9.76. The van der Waals surface area contributed by atoms with Crippen LogP contribution in [0.25, 0.3) is 0 Å². The SMILES string of the molecule is CC12CCCCC3C4C(C41)[C@H](O)C32. The second-order valence-corrected chi connectivity index (χ2v) is 6.11. The maximum Gasteiger partial charge on any atom is 0.0610 e. The topological polar surface area (TPSA) is 20.2 Å². The summed E-state index contributed by atoms with van der Waals surface area (Å²) in [5, 5.41) is 10.1. The summed E-state index contributed by atoms with van der Waals surface area (Å²) < 4.78 is 0. The van der Waals surface area contributed by atoms with E-state index in [1.54, 1.807) is 0 Å². The molecule has 13 heavy (non-hydrogen) atoms. The van der Waals surface area contributed by atoms with Crippen molar-refractivity contribution in [2.24, 2.45) is 35.0 Å². The van der Waals surface area contributed by atoms with Gasteiger partial charge in [-0.25, -0.2) is 0 Å². The number of hydrogen-bond acceptors (Lipinski definition) is 1. The van der Waals surface area contributed by atoms with E-state index in [2.05, 4.69) is 6.92 Å². The average molecular weight is 178 g/mol. The van der Waals surface area contributed by atoms with Crippen molar-refractivity contribution in [2.75, 3.05) is 0 Å². The van der Waals surface area contributed by atoms with E-state index >= 15 is 0 Å². The molecule has 5 saturated carbocycles. The molecule has 0 spiro atoms. The fourth-order valence-electron chi connectivity index (χ4n) is 5.66. The lowest BCUT2D eigenvalue weighted by Gasteiger charge is -2.30. The summed E-state index contributed by atoms with van der Waals surface area (Å²) in [6.07, 6.45) is 5.78. The molecule has 1 heteroatoms. The average Bonchev–Trinajstić information content (AvgIpc) is 2.66. The molecule has 0 saturated heterocycles. The van der Waals surface area contributed by atoms with Gasteiger partial charge in [0.15, 0.2) is 0 Å². The Balaban J connectivity index is 1.86. The first-order valence-electron chi connectivity index (χ1n) is 5.93. The van der Waals surface area contributed by atoms with Crippen molar-refractivity contribution in [1.29, 1.82) is 0 Å². The molecule has 7 atom stereocenters. The highest BCUT2D eigenvalue weighted by atomic mass is 16.3. The van der Waals surface area contributed by atoms with Gasteiger partial charge < -0.3 is 5.11 Å². The quantitative estimate of drug-likeness (QED) is 0.602. The maximum absolute atomic E-state index is 10.1. The molecule has 0 aromatic heterocycles. The van der Waals surface area contributed by atoms with Gasteiger partial charge in [0.1, 0.15) is 0 Å². The van der Waals surface area contributed by atoms with Crippen LogP contribution in [0.3, 0.4) is 0 Å². The van der Waals surface area contributed by atoms with Gasteiger partial charge in [0.25, 0.3) is 0 Å². The third-order valence-electron chi connectivity index (χ3n) is 5.88. The number of hydrogen-bond donors (Lipinski definition) is 1. The Kier molecular flexibility index (Phi) is 1.03. The van der Waals surface area contributed by atoms with Crippen LogP contribution in [0.15, 0.2) is 0 Å². The van der Waals surface area contributed by atoms with E-state index in [1.807, 2.05) is 0 Å². The van der Waals surface area contributed by atoms with E-state index in [-0.39, 0.29) is 6.10 Å². The predicted molar refractivity (Wildman–Crippen MR) is 50.0 cm³/mol. The van der Waals surface area contributed by atoms with Crippen molar-refractivity contribution in [2.45, 2.75) is 38.7 Å². The summed E-state index contributed by atoms with van der Waals surface area (Å²) in [5.74, 6) is 4.29. The first-order chi connectivity index (χ1) is 6.25. The van der Waals surface area contributed by atoms with E-state index in [4.69, 9.17) is 0 Å². The van der Waals surface area contributed by atoms with E-state index in [0.29, 0.717) is 11.3 Å². The molecule has 72 valence electrons. The normalized spacial score (nSPS) is 72.5. The van der Waals surface area contributed by atoms with Crippen molar-refractivity contribution in [1.82, 2.24) is 0 Å². The molecule has 5 aliphatic rings. The lowest BCUT2D eigenvalue weighted by Crippen LogP contribution is -2.28. The Morgan fingerprint density at radius 2 is 2.00 bits per heavy atom. The molecule has 5 fully saturated rings. The Morgan fingerprint density at radius 1 is 1.15 bits per heavy atom. The first kappa shape index (κ1) is 7.28. The van der Waals surface area contributed by atoms with Crippen molar-refractivity contribution in [3.8, 4) is 0 Å². The molecule has 5 aliphatic carbocycles. The Bertz CT molecular complexity index is 274. The molecule has 6 unspecified atom stereocenters. The zero-order chi connectivity index (χ0) is 8.79. The molecular formula is C12H18O. The van der Waals surface area contributed by atoms with Gasteiger partial charge >= 0.3 is 0 Å². The standard InChI is InChI=1S/C12H18O/c1-12-5-3-2-4-6-7-8(10(7)12)11(13)9(6)12/h6-11,13H,2-5H2,1H3/t6?,7?,8?,9?,10?,11-,12?/m0/s1. The molecule has 0 amide bonds. The van der Waals surface area contributed by atoms with Crippen LogP contribution in [-0.2, 0) is 0 Å². The number of aliphatic hydroxyl groups excluding tert-OH is 1. The summed E-state index contributed by atoms with van der Waals surface area (Å²) in [6.45, 7) is 2.47. The van der Waals surface area contributed by atoms with Crippen molar-refractivity contribution >= 4 is 0 Å². The number of aliphatic hydroxyl groups is 1. The van der Waals surface area contributed by atoms with Crippen molar-refractivity contribution in [3.05, 3.63) is 0 Å². The molecule has 1 nitrogen and oxygen atoms in total. The molecule has 0 heterocycles. The second-order valence-electron chi connectivity index (χ2n) is 6.11. The van der Waals surface area contributed by atoms with Crippen LogP contribution in [0.5, 0.6) is 0 Å². The van der Waals surface area contributed by atoms with E-state index in [1.165, 1.54) is 25.7 Å². The monoisotopic (exact) mass is 178 g/mol. The van der Waals surface area contributed by atoms with Crippen LogP contribution in [-0.4, -0.2) is 11.2 Å². The summed E-state index contributed by atoms with van der Waals surface area (Å²) in [7, 11) is 0. The minimum atomic E-state index is 0.100. The van der Waals surface area contributed by atoms with Gasteiger partial charge in [-0.15, -0.1) is 0 Å².